The van der Waals surface area contributed by atoms with Crippen molar-refractivity contribution in [3.63, 3.8) is 0 Å². The van der Waals surface area contributed by atoms with Crippen LogP contribution in [0.4, 0.5) is 0 Å². The van der Waals surface area contributed by atoms with Crippen LogP contribution < -0.4 is 0 Å². The summed E-state index contributed by atoms with van der Waals surface area (Å²) in [4.78, 5) is 4.69. The molecule has 1 aliphatic carbocycles. The van der Waals surface area contributed by atoms with Crippen LogP contribution in [-0.4, -0.2) is 4.98 Å². The largest absolute Gasteiger partial charge is 0.236 e. The Kier molecular flexibility index (Phi) is 2.29. The summed E-state index contributed by atoms with van der Waals surface area (Å²) in [7, 11) is 0. The van der Waals surface area contributed by atoms with Gasteiger partial charge in [0, 0.05) is 0 Å². The van der Waals surface area contributed by atoms with Crippen molar-refractivity contribution in [3.8, 4) is 0 Å². The molecule has 1 nitrogen and oxygen atoms in total. The minimum Gasteiger partial charge on any atom is -0.236 e. The summed E-state index contributed by atoms with van der Waals surface area (Å²) in [5.41, 5.74) is 2.60. The van der Waals surface area contributed by atoms with Crippen LogP contribution in [0.5, 0.6) is 0 Å². The maximum atomic E-state index is 4.69. The average Bonchev–Trinajstić information content (AvgIpc) is 2.74. The zero-order chi connectivity index (χ0) is 10.1. The number of hydrogen-bond donors (Lipinski definition) is 0. The quantitative estimate of drug-likeness (QED) is 0.693. The molecule has 0 spiro atoms. The van der Waals surface area contributed by atoms with Crippen LogP contribution in [0, 0.1) is 0 Å². The molecule has 2 aromatic rings. The summed E-state index contributed by atoms with van der Waals surface area (Å²) in [5.74, 6) is 0. The van der Waals surface area contributed by atoms with E-state index in [1.54, 1.807) is 0 Å². The number of rotatable bonds is 1. The molecule has 0 aliphatic heterocycles. The van der Waals surface area contributed by atoms with Crippen molar-refractivity contribution in [1.82, 2.24) is 4.98 Å². The van der Waals surface area contributed by atoms with Crippen LogP contribution in [0.3, 0.4) is 0 Å². The Labute approximate surface area is 93.5 Å². The third-order valence-corrected chi connectivity index (χ3v) is 3.97. The molecule has 1 aromatic heterocycles. The SMILES string of the molecule is C1=C(c2nc3ccccc3s2)CCCC1. The molecule has 0 N–H and O–H groups in total. The number of para-hydroxylation sites is 1. The molecular weight excluding hydrogens is 202 g/mol. The van der Waals surface area contributed by atoms with Crippen LogP contribution in [0.25, 0.3) is 15.8 Å². The molecule has 0 saturated carbocycles. The Morgan fingerprint density at radius 1 is 1.13 bits per heavy atom. The first kappa shape index (κ1) is 9.10. The van der Waals surface area contributed by atoms with E-state index in [0.29, 0.717) is 0 Å². The molecule has 0 radical (unpaired) electrons. The topological polar surface area (TPSA) is 12.9 Å². The Hall–Kier alpha value is -1.15. The van der Waals surface area contributed by atoms with Crippen LogP contribution in [0.1, 0.15) is 30.7 Å². The Bertz CT molecular complexity index is 477. The van der Waals surface area contributed by atoms with Crippen LogP contribution in [0.15, 0.2) is 30.3 Å². The summed E-state index contributed by atoms with van der Waals surface area (Å²) in [6.45, 7) is 0. The fourth-order valence-electron chi connectivity index (χ4n) is 2.04. The zero-order valence-corrected chi connectivity index (χ0v) is 9.39. The van der Waals surface area contributed by atoms with Crippen molar-refractivity contribution in [2.45, 2.75) is 25.7 Å². The molecule has 1 heterocycles. The van der Waals surface area contributed by atoms with E-state index in [-0.39, 0.29) is 0 Å². The summed E-state index contributed by atoms with van der Waals surface area (Å²) in [5, 5.41) is 1.23. The number of thiazole rings is 1. The second-order valence-corrected chi connectivity index (χ2v) is 4.99. The second kappa shape index (κ2) is 3.78. The molecule has 0 unspecified atom stereocenters. The number of fused-ring (bicyclic) bond motifs is 1. The van der Waals surface area contributed by atoms with Gasteiger partial charge in [-0.15, -0.1) is 11.3 Å². The van der Waals surface area contributed by atoms with Crippen molar-refractivity contribution in [3.05, 3.63) is 35.3 Å². The highest BCUT2D eigenvalue weighted by atomic mass is 32.1. The lowest BCUT2D eigenvalue weighted by molar-refractivity contribution is 0.741. The maximum absolute atomic E-state index is 4.69. The molecule has 0 saturated heterocycles. The highest BCUT2D eigenvalue weighted by Gasteiger charge is 2.10. The number of allylic oxidation sites excluding steroid dienone is 2. The molecule has 0 bridgehead atoms. The average molecular weight is 215 g/mol. The van der Waals surface area contributed by atoms with Gasteiger partial charge in [0.1, 0.15) is 5.01 Å². The lowest BCUT2D eigenvalue weighted by Crippen LogP contribution is -1.90. The lowest BCUT2D eigenvalue weighted by Gasteiger charge is -2.08. The van der Waals surface area contributed by atoms with E-state index in [2.05, 4.69) is 35.3 Å². The summed E-state index contributed by atoms with van der Waals surface area (Å²) in [6.07, 6.45) is 7.46. The molecule has 1 aromatic carbocycles. The van der Waals surface area contributed by atoms with E-state index in [1.165, 1.54) is 41.0 Å². The second-order valence-electron chi connectivity index (χ2n) is 3.96. The molecule has 76 valence electrons. The predicted octanol–water partition coefficient (Wildman–Crippen LogP) is 4.25. The smallest absolute Gasteiger partial charge is 0.120 e. The minimum atomic E-state index is 1.14. The van der Waals surface area contributed by atoms with Gasteiger partial charge in [-0.25, -0.2) is 4.98 Å². The van der Waals surface area contributed by atoms with Gasteiger partial charge in [0.2, 0.25) is 0 Å². The molecule has 15 heavy (non-hydrogen) atoms. The van der Waals surface area contributed by atoms with E-state index >= 15 is 0 Å². The van der Waals surface area contributed by atoms with Gasteiger partial charge in [0.05, 0.1) is 10.2 Å². The summed E-state index contributed by atoms with van der Waals surface area (Å²) >= 11 is 1.82. The summed E-state index contributed by atoms with van der Waals surface area (Å²) < 4.78 is 1.30. The van der Waals surface area contributed by atoms with E-state index in [1.807, 2.05) is 11.3 Å². The van der Waals surface area contributed by atoms with Crippen LogP contribution >= 0.6 is 11.3 Å². The van der Waals surface area contributed by atoms with Gasteiger partial charge in [0.25, 0.3) is 0 Å². The standard InChI is InChI=1S/C13H13NS/c1-2-6-10(7-3-1)13-14-11-8-4-5-9-12(11)15-13/h4-6,8-9H,1-3,7H2. The highest BCUT2D eigenvalue weighted by Crippen LogP contribution is 2.32. The number of benzene rings is 1. The minimum absolute atomic E-state index is 1.14. The van der Waals surface area contributed by atoms with E-state index in [4.69, 9.17) is 0 Å². The van der Waals surface area contributed by atoms with Crippen molar-refractivity contribution < 1.29 is 0 Å². The molecule has 1 aliphatic rings. The van der Waals surface area contributed by atoms with Crippen molar-refractivity contribution in [2.75, 3.05) is 0 Å². The fourth-order valence-corrected chi connectivity index (χ4v) is 3.08. The molecule has 0 fully saturated rings. The van der Waals surface area contributed by atoms with Gasteiger partial charge in [-0.3, -0.25) is 0 Å². The number of nitrogens with zero attached hydrogens (tertiary/aromatic N) is 1. The molecule has 0 atom stereocenters. The van der Waals surface area contributed by atoms with Crippen molar-refractivity contribution >= 4 is 27.1 Å². The molecular formula is C13H13NS. The molecule has 2 heteroatoms. The van der Waals surface area contributed by atoms with Crippen LogP contribution in [-0.2, 0) is 0 Å². The monoisotopic (exact) mass is 215 g/mol. The van der Waals surface area contributed by atoms with Gasteiger partial charge in [-0.2, -0.15) is 0 Å². The molecule has 3 rings (SSSR count). The number of aromatic nitrogens is 1. The van der Waals surface area contributed by atoms with Crippen LogP contribution in [0.2, 0.25) is 0 Å². The zero-order valence-electron chi connectivity index (χ0n) is 8.57. The summed E-state index contributed by atoms with van der Waals surface area (Å²) in [6, 6.07) is 8.39. The van der Waals surface area contributed by atoms with Gasteiger partial charge in [-0.1, -0.05) is 18.2 Å². The fraction of sp³-hybridized carbons (Fsp3) is 0.308. The van der Waals surface area contributed by atoms with Gasteiger partial charge < -0.3 is 0 Å². The van der Waals surface area contributed by atoms with Gasteiger partial charge in [0.15, 0.2) is 0 Å². The normalized spacial score (nSPS) is 16.7. The first-order valence-corrected chi connectivity index (χ1v) is 6.30. The van der Waals surface area contributed by atoms with Gasteiger partial charge in [-0.05, 0) is 43.4 Å². The predicted molar refractivity (Wildman–Crippen MR) is 66.1 cm³/mol. The van der Waals surface area contributed by atoms with Gasteiger partial charge >= 0.3 is 0 Å². The van der Waals surface area contributed by atoms with E-state index < -0.39 is 0 Å². The Morgan fingerprint density at radius 3 is 2.87 bits per heavy atom. The van der Waals surface area contributed by atoms with Crippen molar-refractivity contribution in [2.24, 2.45) is 0 Å². The number of hydrogen-bond acceptors (Lipinski definition) is 2. The Morgan fingerprint density at radius 2 is 2.07 bits per heavy atom. The lowest BCUT2D eigenvalue weighted by atomic mass is 10.0. The first-order chi connectivity index (χ1) is 7.43. The van der Waals surface area contributed by atoms with Crippen molar-refractivity contribution in [1.29, 1.82) is 0 Å². The Balaban J connectivity index is 2.07. The third kappa shape index (κ3) is 1.70. The maximum Gasteiger partial charge on any atom is 0.120 e. The van der Waals surface area contributed by atoms with E-state index in [9.17, 15) is 0 Å². The highest BCUT2D eigenvalue weighted by molar-refractivity contribution is 7.19. The molecule has 0 amide bonds. The van der Waals surface area contributed by atoms with E-state index in [0.717, 1.165) is 5.52 Å². The first-order valence-electron chi connectivity index (χ1n) is 5.48. The third-order valence-electron chi connectivity index (χ3n) is 2.86.